The molecule has 3 nitrogen and oxygen atoms in total. The van der Waals surface area contributed by atoms with Gasteiger partial charge in [-0.2, -0.15) is 0 Å². The Balaban J connectivity index is 1.93. The lowest BCUT2D eigenvalue weighted by molar-refractivity contribution is -0.137. The molecule has 0 radical (unpaired) electrons. The molecular formula is C19H29NO2. The maximum Gasteiger partial charge on any atom is 0.263 e. The Kier molecular flexibility index (Phi) is 5.87. The third-order valence-electron chi connectivity index (χ3n) is 4.54. The van der Waals surface area contributed by atoms with Crippen LogP contribution in [0.1, 0.15) is 58.4 Å². The zero-order chi connectivity index (χ0) is 16.1. The molecule has 0 bridgehead atoms. The predicted molar refractivity (Wildman–Crippen MR) is 90.2 cm³/mol. The fourth-order valence-electron chi connectivity index (χ4n) is 2.93. The molecule has 2 rings (SSSR count). The molecule has 0 aliphatic carbocycles. The van der Waals surface area contributed by atoms with Gasteiger partial charge >= 0.3 is 0 Å². The fourth-order valence-corrected chi connectivity index (χ4v) is 2.93. The Labute approximate surface area is 134 Å². The standard InChI is InChI=1S/C19H29NO2/c1-14(2)17-7-9-18(10-8-17)22-16(4)19(21)20-12-5-6-15(3)11-13-20/h7-10,14-16H,5-6,11-13H2,1-4H3. The molecule has 1 aromatic rings. The topological polar surface area (TPSA) is 29.5 Å². The summed E-state index contributed by atoms with van der Waals surface area (Å²) in [6.45, 7) is 10.2. The minimum atomic E-state index is -0.418. The fraction of sp³-hybridized carbons (Fsp3) is 0.632. The van der Waals surface area contributed by atoms with Crippen LogP contribution in [-0.4, -0.2) is 30.0 Å². The van der Waals surface area contributed by atoms with E-state index in [0.717, 1.165) is 37.6 Å². The molecule has 1 heterocycles. The number of likely N-dealkylation sites (tertiary alicyclic amines) is 1. The minimum Gasteiger partial charge on any atom is -0.481 e. The van der Waals surface area contributed by atoms with Gasteiger partial charge in [-0.05, 0) is 55.7 Å². The van der Waals surface area contributed by atoms with Crippen molar-refractivity contribution >= 4 is 5.91 Å². The number of benzene rings is 1. The van der Waals surface area contributed by atoms with Crippen LogP contribution in [0.3, 0.4) is 0 Å². The Hall–Kier alpha value is -1.51. The first-order valence-electron chi connectivity index (χ1n) is 8.52. The molecule has 1 aliphatic rings. The average molecular weight is 303 g/mol. The Morgan fingerprint density at radius 1 is 1.14 bits per heavy atom. The molecule has 1 aliphatic heterocycles. The highest BCUT2D eigenvalue weighted by Gasteiger charge is 2.24. The zero-order valence-corrected chi connectivity index (χ0v) is 14.3. The van der Waals surface area contributed by atoms with Crippen molar-refractivity contribution in [3.63, 3.8) is 0 Å². The third-order valence-corrected chi connectivity index (χ3v) is 4.54. The third kappa shape index (κ3) is 4.49. The molecule has 1 saturated heterocycles. The van der Waals surface area contributed by atoms with Crippen LogP contribution in [0.5, 0.6) is 5.75 Å². The van der Waals surface area contributed by atoms with Crippen LogP contribution in [0.15, 0.2) is 24.3 Å². The summed E-state index contributed by atoms with van der Waals surface area (Å²) in [5.41, 5.74) is 1.29. The van der Waals surface area contributed by atoms with Crippen LogP contribution in [0, 0.1) is 5.92 Å². The quantitative estimate of drug-likeness (QED) is 0.833. The monoisotopic (exact) mass is 303 g/mol. The molecule has 0 aromatic heterocycles. The molecule has 0 saturated carbocycles. The summed E-state index contributed by atoms with van der Waals surface area (Å²) in [6, 6.07) is 8.07. The van der Waals surface area contributed by atoms with Gasteiger partial charge in [0.25, 0.3) is 5.91 Å². The number of hydrogen-bond acceptors (Lipinski definition) is 2. The summed E-state index contributed by atoms with van der Waals surface area (Å²) in [4.78, 5) is 14.5. The van der Waals surface area contributed by atoms with E-state index in [9.17, 15) is 4.79 Å². The van der Waals surface area contributed by atoms with E-state index in [-0.39, 0.29) is 5.91 Å². The van der Waals surface area contributed by atoms with Gasteiger partial charge in [0.1, 0.15) is 5.75 Å². The first kappa shape index (κ1) is 16.9. The Morgan fingerprint density at radius 3 is 2.45 bits per heavy atom. The van der Waals surface area contributed by atoms with Crippen molar-refractivity contribution in [3.8, 4) is 5.75 Å². The molecule has 1 aromatic carbocycles. The van der Waals surface area contributed by atoms with Gasteiger partial charge in [-0.1, -0.05) is 32.9 Å². The summed E-state index contributed by atoms with van der Waals surface area (Å²) in [5.74, 6) is 2.11. The van der Waals surface area contributed by atoms with Crippen LogP contribution >= 0.6 is 0 Å². The first-order chi connectivity index (χ1) is 10.5. The molecule has 22 heavy (non-hydrogen) atoms. The molecule has 1 amide bonds. The van der Waals surface area contributed by atoms with E-state index in [1.165, 1.54) is 12.0 Å². The minimum absolute atomic E-state index is 0.113. The highest BCUT2D eigenvalue weighted by Crippen LogP contribution is 2.21. The Bertz CT molecular complexity index is 481. The first-order valence-corrected chi connectivity index (χ1v) is 8.52. The lowest BCUT2D eigenvalue weighted by Gasteiger charge is -2.24. The van der Waals surface area contributed by atoms with Gasteiger partial charge in [0.05, 0.1) is 0 Å². The molecule has 2 atom stereocenters. The normalized spacial score (nSPS) is 20.6. The van der Waals surface area contributed by atoms with Crippen LogP contribution in [-0.2, 0) is 4.79 Å². The smallest absolute Gasteiger partial charge is 0.263 e. The Morgan fingerprint density at radius 2 is 1.82 bits per heavy atom. The second-order valence-corrected chi connectivity index (χ2v) is 6.85. The van der Waals surface area contributed by atoms with Gasteiger partial charge in [-0.15, -0.1) is 0 Å². The molecule has 0 N–H and O–H groups in total. The molecule has 3 heteroatoms. The van der Waals surface area contributed by atoms with E-state index in [0.29, 0.717) is 5.92 Å². The summed E-state index contributed by atoms with van der Waals surface area (Å²) in [6.07, 6.45) is 3.00. The van der Waals surface area contributed by atoms with Crippen LogP contribution in [0.25, 0.3) is 0 Å². The van der Waals surface area contributed by atoms with Gasteiger partial charge in [0, 0.05) is 13.1 Å². The van der Waals surface area contributed by atoms with Crippen molar-refractivity contribution in [1.29, 1.82) is 0 Å². The number of carbonyl (C=O) groups excluding carboxylic acids is 1. The number of ether oxygens (including phenoxy) is 1. The van der Waals surface area contributed by atoms with Gasteiger partial charge in [-0.25, -0.2) is 0 Å². The van der Waals surface area contributed by atoms with E-state index >= 15 is 0 Å². The molecule has 2 unspecified atom stereocenters. The second kappa shape index (κ2) is 7.66. The maximum absolute atomic E-state index is 12.5. The second-order valence-electron chi connectivity index (χ2n) is 6.85. The number of amides is 1. The van der Waals surface area contributed by atoms with E-state index in [1.807, 2.05) is 24.0 Å². The van der Waals surface area contributed by atoms with Crippen molar-refractivity contribution in [2.24, 2.45) is 5.92 Å². The van der Waals surface area contributed by atoms with E-state index < -0.39 is 6.10 Å². The summed E-state index contributed by atoms with van der Waals surface area (Å²) in [7, 11) is 0. The molecule has 0 spiro atoms. The number of nitrogens with zero attached hydrogens (tertiary/aromatic N) is 1. The van der Waals surface area contributed by atoms with Gasteiger partial charge in [0.15, 0.2) is 6.10 Å². The lowest BCUT2D eigenvalue weighted by atomic mass is 10.0. The lowest BCUT2D eigenvalue weighted by Crippen LogP contribution is -2.41. The summed E-state index contributed by atoms with van der Waals surface area (Å²) < 4.78 is 5.84. The number of hydrogen-bond donors (Lipinski definition) is 0. The number of rotatable bonds is 4. The van der Waals surface area contributed by atoms with Crippen molar-refractivity contribution in [3.05, 3.63) is 29.8 Å². The van der Waals surface area contributed by atoms with Crippen molar-refractivity contribution in [2.45, 2.75) is 59.0 Å². The average Bonchev–Trinajstić information content (AvgIpc) is 2.71. The van der Waals surface area contributed by atoms with Crippen molar-refractivity contribution in [1.82, 2.24) is 4.90 Å². The number of carbonyl (C=O) groups is 1. The highest BCUT2D eigenvalue weighted by molar-refractivity contribution is 5.80. The zero-order valence-electron chi connectivity index (χ0n) is 14.3. The van der Waals surface area contributed by atoms with Crippen LogP contribution in [0.2, 0.25) is 0 Å². The van der Waals surface area contributed by atoms with E-state index in [1.54, 1.807) is 0 Å². The van der Waals surface area contributed by atoms with E-state index in [2.05, 4.69) is 32.9 Å². The molecular weight excluding hydrogens is 274 g/mol. The van der Waals surface area contributed by atoms with Gasteiger partial charge in [0.2, 0.25) is 0 Å². The maximum atomic E-state index is 12.5. The summed E-state index contributed by atoms with van der Waals surface area (Å²) in [5, 5.41) is 0. The van der Waals surface area contributed by atoms with Gasteiger partial charge in [-0.3, -0.25) is 4.79 Å². The molecule has 122 valence electrons. The van der Waals surface area contributed by atoms with E-state index in [4.69, 9.17) is 4.74 Å². The van der Waals surface area contributed by atoms with Gasteiger partial charge < -0.3 is 9.64 Å². The molecule has 1 fully saturated rings. The largest absolute Gasteiger partial charge is 0.481 e. The van der Waals surface area contributed by atoms with Crippen LogP contribution < -0.4 is 4.74 Å². The van der Waals surface area contributed by atoms with Crippen LogP contribution in [0.4, 0.5) is 0 Å². The predicted octanol–water partition coefficient (Wildman–Crippen LogP) is 4.23. The summed E-state index contributed by atoms with van der Waals surface area (Å²) >= 11 is 0. The highest BCUT2D eigenvalue weighted by atomic mass is 16.5. The van der Waals surface area contributed by atoms with Crippen molar-refractivity contribution < 1.29 is 9.53 Å². The SMILES string of the molecule is CC1CCCN(C(=O)C(C)Oc2ccc(C(C)C)cc2)CC1. The van der Waals surface area contributed by atoms with Crippen molar-refractivity contribution in [2.75, 3.05) is 13.1 Å².